The SMILES string of the molecule is Cn1ccnc1CCNc1ccc(Cl)c(F)c1. The standard InChI is InChI=1S/C12H13ClFN3/c1-17-7-6-16-12(17)4-5-15-9-2-3-10(13)11(14)8-9/h2-3,6-8,15H,4-5H2,1H3. The van der Waals surface area contributed by atoms with Gasteiger partial charge in [-0.3, -0.25) is 0 Å². The first-order chi connectivity index (χ1) is 8.16. The Hall–Kier alpha value is -1.55. The molecule has 0 atom stereocenters. The Bertz CT molecular complexity index is 510. The van der Waals surface area contributed by atoms with Gasteiger partial charge in [0.2, 0.25) is 0 Å². The summed E-state index contributed by atoms with van der Waals surface area (Å²) in [5.41, 5.74) is 0.723. The van der Waals surface area contributed by atoms with E-state index in [4.69, 9.17) is 11.6 Å². The van der Waals surface area contributed by atoms with Crippen LogP contribution in [0.1, 0.15) is 5.82 Å². The Morgan fingerprint density at radius 2 is 2.29 bits per heavy atom. The van der Waals surface area contributed by atoms with Gasteiger partial charge in [0.25, 0.3) is 0 Å². The third-order valence-electron chi connectivity index (χ3n) is 2.52. The van der Waals surface area contributed by atoms with Crippen LogP contribution in [0.2, 0.25) is 5.02 Å². The molecular weight excluding hydrogens is 241 g/mol. The van der Waals surface area contributed by atoms with Gasteiger partial charge >= 0.3 is 0 Å². The van der Waals surface area contributed by atoms with Gasteiger partial charge in [-0.15, -0.1) is 0 Å². The molecule has 0 amide bonds. The number of aromatic nitrogens is 2. The molecule has 0 saturated heterocycles. The van der Waals surface area contributed by atoms with E-state index in [-0.39, 0.29) is 5.02 Å². The Kier molecular flexibility index (Phi) is 3.64. The minimum Gasteiger partial charge on any atom is -0.385 e. The highest BCUT2D eigenvalue weighted by atomic mass is 35.5. The van der Waals surface area contributed by atoms with Crippen molar-refractivity contribution >= 4 is 17.3 Å². The fraction of sp³-hybridized carbons (Fsp3) is 0.250. The Labute approximate surface area is 104 Å². The lowest BCUT2D eigenvalue weighted by Gasteiger charge is -2.07. The molecule has 5 heteroatoms. The fourth-order valence-corrected chi connectivity index (χ4v) is 1.68. The molecule has 0 saturated carbocycles. The van der Waals surface area contributed by atoms with Crippen LogP contribution in [0, 0.1) is 5.82 Å². The summed E-state index contributed by atoms with van der Waals surface area (Å²) in [4.78, 5) is 4.21. The minimum atomic E-state index is -0.409. The third-order valence-corrected chi connectivity index (χ3v) is 2.82. The quantitative estimate of drug-likeness (QED) is 0.908. The summed E-state index contributed by atoms with van der Waals surface area (Å²) in [7, 11) is 1.95. The molecule has 1 heterocycles. The molecule has 2 aromatic rings. The lowest BCUT2D eigenvalue weighted by Crippen LogP contribution is -2.08. The number of imidazole rings is 1. The van der Waals surface area contributed by atoms with Gasteiger partial charge in [-0.25, -0.2) is 9.37 Å². The second-order valence-corrected chi connectivity index (χ2v) is 4.17. The van der Waals surface area contributed by atoms with E-state index < -0.39 is 5.82 Å². The average molecular weight is 254 g/mol. The number of benzene rings is 1. The number of aryl methyl sites for hydroxylation is 1. The molecule has 1 aromatic heterocycles. The summed E-state index contributed by atoms with van der Waals surface area (Å²) in [6, 6.07) is 4.69. The second kappa shape index (κ2) is 5.19. The van der Waals surface area contributed by atoms with E-state index in [0.29, 0.717) is 6.54 Å². The molecular formula is C12H13ClFN3. The number of hydrogen-bond acceptors (Lipinski definition) is 2. The van der Waals surface area contributed by atoms with Crippen molar-refractivity contribution in [3.05, 3.63) is 47.3 Å². The van der Waals surface area contributed by atoms with Gasteiger partial charge in [0.1, 0.15) is 11.6 Å². The Morgan fingerprint density at radius 3 is 2.94 bits per heavy atom. The van der Waals surface area contributed by atoms with Crippen LogP contribution in [0.3, 0.4) is 0 Å². The molecule has 0 aliphatic heterocycles. The normalized spacial score (nSPS) is 10.5. The molecule has 0 aliphatic rings. The molecule has 3 nitrogen and oxygen atoms in total. The number of hydrogen-bond donors (Lipinski definition) is 1. The van der Waals surface area contributed by atoms with Crippen molar-refractivity contribution in [2.75, 3.05) is 11.9 Å². The number of halogens is 2. The summed E-state index contributed by atoms with van der Waals surface area (Å²) >= 11 is 5.60. The lowest BCUT2D eigenvalue weighted by atomic mass is 10.3. The largest absolute Gasteiger partial charge is 0.385 e. The summed E-state index contributed by atoms with van der Waals surface area (Å²) in [5.74, 6) is 0.584. The molecule has 90 valence electrons. The Balaban J connectivity index is 1.90. The molecule has 0 aliphatic carbocycles. The molecule has 1 N–H and O–H groups in total. The van der Waals surface area contributed by atoms with Crippen LogP contribution in [-0.4, -0.2) is 16.1 Å². The molecule has 1 aromatic carbocycles. The summed E-state index contributed by atoms with van der Waals surface area (Å²) in [5, 5.41) is 3.26. The number of nitrogens with zero attached hydrogens (tertiary/aromatic N) is 2. The predicted molar refractivity (Wildman–Crippen MR) is 66.8 cm³/mol. The molecule has 0 unspecified atom stereocenters. The third kappa shape index (κ3) is 2.97. The van der Waals surface area contributed by atoms with Gasteiger partial charge in [0.05, 0.1) is 5.02 Å². The van der Waals surface area contributed by atoms with Crippen molar-refractivity contribution in [1.82, 2.24) is 9.55 Å². The Morgan fingerprint density at radius 1 is 1.47 bits per heavy atom. The van der Waals surface area contributed by atoms with Gasteiger partial charge in [0, 0.05) is 38.1 Å². The van der Waals surface area contributed by atoms with Crippen molar-refractivity contribution in [2.24, 2.45) is 7.05 Å². The van der Waals surface area contributed by atoms with E-state index in [0.717, 1.165) is 17.9 Å². The van der Waals surface area contributed by atoms with Crippen LogP contribution in [0.25, 0.3) is 0 Å². The zero-order chi connectivity index (χ0) is 12.3. The van der Waals surface area contributed by atoms with Crippen LogP contribution in [-0.2, 0) is 13.5 Å². The highest BCUT2D eigenvalue weighted by Crippen LogP contribution is 2.18. The van der Waals surface area contributed by atoms with E-state index in [1.807, 2.05) is 17.8 Å². The molecule has 0 fully saturated rings. The zero-order valence-corrected chi connectivity index (χ0v) is 10.2. The van der Waals surface area contributed by atoms with Gasteiger partial charge in [-0.05, 0) is 18.2 Å². The van der Waals surface area contributed by atoms with Gasteiger partial charge in [-0.2, -0.15) is 0 Å². The van der Waals surface area contributed by atoms with Gasteiger partial charge in [0.15, 0.2) is 0 Å². The van der Waals surface area contributed by atoms with Crippen molar-refractivity contribution in [3.8, 4) is 0 Å². The van der Waals surface area contributed by atoms with Gasteiger partial charge < -0.3 is 9.88 Å². The smallest absolute Gasteiger partial charge is 0.143 e. The number of nitrogens with one attached hydrogen (secondary N) is 1. The topological polar surface area (TPSA) is 29.9 Å². The lowest BCUT2D eigenvalue weighted by molar-refractivity contribution is 0.628. The molecule has 17 heavy (non-hydrogen) atoms. The van der Waals surface area contributed by atoms with Crippen LogP contribution in [0.15, 0.2) is 30.6 Å². The first-order valence-electron chi connectivity index (χ1n) is 5.32. The number of anilines is 1. The van der Waals surface area contributed by atoms with E-state index in [1.165, 1.54) is 6.07 Å². The van der Waals surface area contributed by atoms with Crippen molar-refractivity contribution in [3.63, 3.8) is 0 Å². The first kappa shape index (κ1) is 11.9. The molecule has 2 rings (SSSR count). The van der Waals surface area contributed by atoms with E-state index >= 15 is 0 Å². The zero-order valence-electron chi connectivity index (χ0n) is 9.45. The highest BCUT2D eigenvalue weighted by molar-refractivity contribution is 6.30. The second-order valence-electron chi connectivity index (χ2n) is 3.76. The minimum absolute atomic E-state index is 0.139. The van der Waals surface area contributed by atoms with Crippen LogP contribution in [0.4, 0.5) is 10.1 Å². The van der Waals surface area contributed by atoms with Crippen molar-refractivity contribution in [2.45, 2.75) is 6.42 Å². The van der Waals surface area contributed by atoms with E-state index in [2.05, 4.69) is 10.3 Å². The number of rotatable bonds is 4. The predicted octanol–water partition coefficient (Wildman–Crippen LogP) is 2.87. The first-order valence-corrected chi connectivity index (χ1v) is 5.70. The van der Waals surface area contributed by atoms with Crippen molar-refractivity contribution < 1.29 is 4.39 Å². The van der Waals surface area contributed by atoms with E-state index in [9.17, 15) is 4.39 Å². The van der Waals surface area contributed by atoms with Crippen LogP contribution < -0.4 is 5.32 Å². The molecule has 0 spiro atoms. The maximum Gasteiger partial charge on any atom is 0.143 e. The molecule has 0 radical (unpaired) electrons. The van der Waals surface area contributed by atoms with Gasteiger partial charge in [-0.1, -0.05) is 11.6 Å². The van der Waals surface area contributed by atoms with Crippen molar-refractivity contribution in [1.29, 1.82) is 0 Å². The summed E-state index contributed by atoms with van der Waals surface area (Å²) in [6.07, 6.45) is 4.45. The maximum atomic E-state index is 13.2. The fourth-order valence-electron chi connectivity index (χ4n) is 1.56. The van der Waals surface area contributed by atoms with E-state index in [1.54, 1.807) is 18.3 Å². The average Bonchev–Trinajstić information content (AvgIpc) is 2.70. The van der Waals surface area contributed by atoms with Crippen LogP contribution >= 0.6 is 11.6 Å². The monoisotopic (exact) mass is 253 g/mol. The summed E-state index contributed by atoms with van der Waals surface area (Å²) in [6.45, 7) is 0.700. The highest BCUT2D eigenvalue weighted by Gasteiger charge is 2.02. The summed E-state index contributed by atoms with van der Waals surface area (Å²) < 4.78 is 15.1. The maximum absolute atomic E-state index is 13.2. The van der Waals surface area contributed by atoms with Crippen LogP contribution in [0.5, 0.6) is 0 Å². The molecule has 0 bridgehead atoms.